The van der Waals surface area contributed by atoms with Gasteiger partial charge in [-0.2, -0.15) is 0 Å². The van der Waals surface area contributed by atoms with Crippen molar-refractivity contribution in [2.75, 3.05) is 6.54 Å². The van der Waals surface area contributed by atoms with Gasteiger partial charge in [0.1, 0.15) is 18.1 Å². The Morgan fingerprint density at radius 2 is 1.47 bits per heavy atom. The largest absolute Gasteiger partial charge is 0.480 e. The lowest BCUT2D eigenvalue weighted by atomic mass is 10.0. The number of aliphatic carboxylic acids is 1. The molecular formula is C27H33N5O6. The van der Waals surface area contributed by atoms with E-state index in [1.165, 1.54) is 4.90 Å². The van der Waals surface area contributed by atoms with Gasteiger partial charge >= 0.3 is 5.97 Å². The van der Waals surface area contributed by atoms with Crippen LogP contribution in [0.25, 0.3) is 0 Å². The molecule has 202 valence electrons. The van der Waals surface area contributed by atoms with Gasteiger partial charge in [0, 0.05) is 13.0 Å². The summed E-state index contributed by atoms with van der Waals surface area (Å²) in [5, 5.41) is 14.5. The second-order valence-electron chi connectivity index (χ2n) is 9.31. The van der Waals surface area contributed by atoms with Crippen LogP contribution in [0.2, 0.25) is 0 Å². The summed E-state index contributed by atoms with van der Waals surface area (Å²) < 4.78 is 0. The highest BCUT2D eigenvalue weighted by molar-refractivity contribution is 5.96. The molecule has 0 saturated carbocycles. The van der Waals surface area contributed by atoms with Gasteiger partial charge in [-0.1, -0.05) is 60.7 Å². The van der Waals surface area contributed by atoms with E-state index in [9.17, 15) is 29.1 Å². The van der Waals surface area contributed by atoms with Gasteiger partial charge in [-0.05, 0) is 30.4 Å². The SMILES string of the molecule is NC(=O)CC(NC(=O)C1CCCN1C(=O)C(N)Cc1ccccc1)C(=O)NC(Cc1ccccc1)C(=O)O. The number of likely N-dealkylation sites (tertiary alicyclic amines) is 1. The summed E-state index contributed by atoms with van der Waals surface area (Å²) in [6.07, 6.45) is 0.682. The summed E-state index contributed by atoms with van der Waals surface area (Å²) in [4.78, 5) is 64.0. The maximum Gasteiger partial charge on any atom is 0.326 e. The van der Waals surface area contributed by atoms with E-state index in [1.807, 2.05) is 30.3 Å². The first-order valence-electron chi connectivity index (χ1n) is 12.4. The van der Waals surface area contributed by atoms with Crippen molar-refractivity contribution in [3.05, 3.63) is 71.8 Å². The highest BCUT2D eigenvalue weighted by atomic mass is 16.4. The molecule has 4 unspecified atom stereocenters. The molecule has 2 aromatic carbocycles. The van der Waals surface area contributed by atoms with Gasteiger partial charge < -0.3 is 32.1 Å². The van der Waals surface area contributed by atoms with E-state index in [1.54, 1.807) is 30.3 Å². The normalized spacial score (nSPS) is 17.2. The first kappa shape index (κ1) is 28.3. The molecule has 4 amide bonds. The summed E-state index contributed by atoms with van der Waals surface area (Å²) in [5.74, 6) is -4.02. The monoisotopic (exact) mass is 523 g/mol. The molecule has 0 aromatic heterocycles. The van der Waals surface area contributed by atoms with Crippen LogP contribution in [-0.4, -0.2) is 70.3 Å². The van der Waals surface area contributed by atoms with Crippen molar-refractivity contribution in [2.45, 2.75) is 56.3 Å². The van der Waals surface area contributed by atoms with Crippen LogP contribution < -0.4 is 22.1 Å². The number of carbonyl (C=O) groups excluding carboxylic acids is 4. The molecule has 1 heterocycles. The van der Waals surface area contributed by atoms with Crippen molar-refractivity contribution in [1.29, 1.82) is 0 Å². The Balaban J connectivity index is 1.67. The lowest BCUT2D eigenvalue weighted by Gasteiger charge is -2.28. The highest BCUT2D eigenvalue weighted by Crippen LogP contribution is 2.19. The van der Waals surface area contributed by atoms with E-state index in [4.69, 9.17) is 11.5 Å². The van der Waals surface area contributed by atoms with Gasteiger partial charge in [-0.15, -0.1) is 0 Å². The van der Waals surface area contributed by atoms with Gasteiger partial charge in [0.05, 0.1) is 12.5 Å². The number of nitrogens with one attached hydrogen (secondary N) is 2. The van der Waals surface area contributed by atoms with Crippen molar-refractivity contribution in [1.82, 2.24) is 15.5 Å². The Kier molecular flexibility index (Phi) is 9.94. The number of rotatable bonds is 12. The Morgan fingerprint density at radius 3 is 2.03 bits per heavy atom. The summed E-state index contributed by atoms with van der Waals surface area (Å²) in [7, 11) is 0. The average molecular weight is 524 g/mol. The third-order valence-corrected chi connectivity index (χ3v) is 6.39. The average Bonchev–Trinajstić information content (AvgIpc) is 3.38. The van der Waals surface area contributed by atoms with E-state index >= 15 is 0 Å². The first-order chi connectivity index (χ1) is 18.2. The van der Waals surface area contributed by atoms with Gasteiger partial charge in [0.15, 0.2) is 0 Å². The van der Waals surface area contributed by atoms with Crippen molar-refractivity contribution in [2.24, 2.45) is 11.5 Å². The fraction of sp³-hybridized carbons (Fsp3) is 0.370. The van der Waals surface area contributed by atoms with Gasteiger partial charge in [0.25, 0.3) is 0 Å². The molecule has 7 N–H and O–H groups in total. The van der Waals surface area contributed by atoms with Crippen LogP contribution in [0.4, 0.5) is 0 Å². The maximum absolute atomic E-state index is 13.2. The Labute approximate surface area is 220 Å². The number of hydrogen-bond donors (Lipinski definition) is 5. The van der Waals surface area contributed by atoms with E-state index in [0.29, 0.717) is 31.4 Å². The molecule has 1 fully saturated rings. The number of carbonyl (C=O) groups is 5. The molecule has 0 spiro atoms. The minimum Gasteiger partial charge on any atom is -0.480 e. The van der Waals surface area contributed by atoms with Crippen LogP contribution in [0.3, 0.4) is 0 Å². The number of carboxylic acid groups (broad SMARTS) is 1. The molecule has 0 bridgehead atoms. The maximum atomic E-state index is 13.2. The second kappa shape index (κ2) is 13.3. The summed E-state index contributed by atoms with van der Waals surface area (Å²) in [5.41, 5.74) is 13.0. The molecule has 11 nitrogen and oxygen atoms in total. The molecule has 0 radical (unpaired) electrons. The van der Waals surface area contributed by atoms with E-state index < -0.39 is 60.2 Å². The second-order valence-corrected chi connectivity index (χ2v) is 9.31. The van der Waals surface area contributed by atoms with Crippen LogP contribution in [0, 0.1) is 0 Å². The van der Waals surface area contributed by atoms with Crippen molar-refractivity contribution >= 4 is 29.6 Å². The van der Waals surface area contributed by atoms with E-state index in [2.05, 4.69) is 10.6 Å². The predicted molar refractivity (Wildman–Crippen MR) is 138 cm³/mol. The fourth-order valence-corrected chi connectivity index (χ4v) is 4.47. The number of amides is 4. The number of carboxylic acids is 1. The molecule has 0 aliphatic carbocycles. The van der Waals surface area contributed by atoms with Crippen molar-refractivity contribution < 1.29 is 29.1 Å². The van der Waals surface area contributed by atoms with Gasteiger partial charge in [0.2, 0.25) is 23.6 Å². The van der Waals surface area contributed by atoms with Crippen LogP contribution in [0.1, 0.15) is 30.4 Å². The fourth-order valence-electron chi connectivity index (χ4n) is 4.47. The van der Waals surface area contributed by atoms with Crippen LogP contribution in [0.15, 0.2) is 60.7 Å². The third kappa shape index (κ3) is 7.87. The molecule has 1 aliphatic rings. The quantitative estimate of drug-likeness (QED) is 0.253. The molecule has 11 heteroatoms. The third-order valence-electron chi connectivity index (χ3n) is 6.39. The lowest BCUT2D eigenvalue weighted by molar-refractivity contribution is -0.143. The Bertz CT molecular complexity index is 1140. The van der Waals surface area contributed by atoms with Gasteiger partial charge in [-0.3, -0.25) is 19.2 Å². The predicted octanol–water partition coefficient (Wildman–Crippen LogP) is -0.280. The molecule has 38 heavy (non-hydrogen) atoms. The highest BCUT2D eigenvalue weighted by Gasteiger charge is 2.38. The zero-order valence-corrected chi connectivity index (χ0v) is 20.9. The van der Waals surface area contributed by atoms with Crippen molar-refractivity contribution in [3.8, 4) is 0 Å². The lowest BCUT2D eigenvalue weighted by Crippen LogP contribution is -2.57. The standard InChI is InChI=1S/C27H33N5O6/c28-19(14-17-8-3-1-4-9-17)26(36)32-13-7-12-22(32)25(35)30-20(16-23(29)33)24(34)31-21(27(37)38)15-18-10-5-2-6-11-18/h1-6,8-11,19-22H,7,12-16,28H2,(H2,29,33)(H,30,35)(H,31,34)(H,37,38). The van der Waals surface area contributed by atoms with Crippen LogP contribution >= 0.6 is 0 Å². The molecule has 4 atom stereocenters. The molecule has 1 aliphatic heterocycles. The number of nitrogens with zero attached hydrogens (tertiary/aromatic N) is 1. The minimum absolute atomic E-state index is 0.00333. The zero-order chi connectivity index (χ0) is 27.7. The number of primary amides is 1. The summed E-state index contributed by atoms with van der Waals surface area (Å²) in [6.45, 7) is 0.324. The molecular weight excluding hydrogens is 490 g/mol. The number of benzene rings is 2. The van der Waals surface area contributed by atoms with Crippen molar-refractivity contribution in [3.63, 3.8) is 0 Å². The van der Waals surface area contributed by atoms with Gasteiger partial charge in [-0.25, -0.2) is 4.79 Å². The minimum atomic E-state index is -1.41. The van der Waals surface area contributed by atoms with E-state index in [-0.39, 0.29) is 6.42 Å². The topological polar surface area (TPSA) is 185 Å². The van der Waals surface area contributed by atoms with Crippen LogP contribution in [0.5, 0.6) is 0 Å². The first-order valence-corrected chi connectivity index (χ1v) is 12.4. The number of nitrogens with two attached hydrogens (primary N) is 2. The smallest absolute Gasteiger partial charge is 0.326 e. The zero-order valence-electron chi connectivity index (χ0n) is 20.9. The molecule has 3 rings (SSSR count). The summed E-state index contributed by atoms with van der Waals surface area (Å²) >= 11 is 0. The van der Waals surface area contributed by atoms with E-state index in [0.717, 1.165) is 5.56 Å². The van der Waals surface area contributed by atoms with Crippen LogP contribution in [-0.2, 0) is 36.8 Å². The molecule has 2 aromatic rings. The Morgan fingerprint density at radius 1 is 0.895 bits per heavy atom. The summed E-state index contributed by atoms with van der Waals surface area (Å²) in [6, 6.07) is 13.5. The molecule has 1 saturated heterocycles. The number of hydrogen-bond acceptors (Lipinski definition) is 6. The Hall–Kier alpha value is -4.25.